The molecule has 80 valence electrons. The molecule has 0 fully saturated rings. The Morgan fingerprint density at radius 3 is 2.13 bits per heavy atom. The Kier molecular flexibility index (Phi) is 3.84. The van der Waals surface area contributed by atoms with Gasteiger partial charge in [-0.25, -0.2) is 0 Å². The third-order valence-corrected chi connectivity index (χ3v) is 2.63. The van der Waals surface area contributed by atoms with Crippen molar-refractivity contribution in [2.45, 2.75) is 33.6 Å². The molecule has 0 aliphatic rings. The molecule has 1 aromatic carbocycles. The van der Waals surface area contributed by atoms with E-state index in [0.29, 0.717) is 5.92 Å². The minimum absolute atomic E-state index is 0.118. The molecule has 0 amide bonds. The molecule has 1 heteroatoms. The number of carbonyl (C=O) groups is 1. The van der Waals surface area contributed by atoms with Gasteiger partial charge in [0, 0.05) is 5.56 Å². The number of Topliss-reactive ketones (excluding diaryl/α,β-unsaturated/α-hetero) is 1. The fourth-order valence-electron chi connectivity index (χ4n) is 1.38. The maximum absolute atomic E-state index is 11.8. The average Bonchev–Trinajstić information content (AvgIpc) is 2.27. The van der Waals surface area contributed by atoms with E-state index in [9.17, 15) is 4.79 Å². The highest BCUT2D eigenvalue weighted by Crippen LogP contribution is 2.16. The first-order chi connectivity index (χ1) is 7.06. The lowest BCUT2D eigenvalue weighted by molar-refractivity contribution is 0.103. The molecule has 0 saturated carbocycles. The lowest BCUT2D eigenvalue weighted by Gasteiger charge is -2.06. The molecular weight excluding hydrogens is 184 g/mol. The Morgan fingerprint density at radius 1 is 1.20 bits per heavy atom. The first-order valence-corrected chi connectivity index (χ1v) is 5.33. The summed E-state index contributed by atoms with van der Waals surface area (Å²) in [7, 11) is 0. The Labute approximate surface area is 91.8 Å². The van der Waals surface area contributed by atoms with Gasteiger partial charge in [-0.2, -0.15) is 0 Å². The van der Waals surface area contributed by atoms with Crippen molar-refractivity contribution in [3.63, 3.8) is 0 Å². The quantitative estimate of drug-likeness (QED) is 0.535. The van der Waals surface area contributed by atoms with Crippen molar-refractivity contribution in [3.8, 4) is 0 Å². The van der Waals surface area contributed by atoms with Crippen LogP contribution in [-0.2, 0) is 0 Å². The van der Waals surface area contributed by atoms with Crippen LogP contribution in [0.25, 0.3) is 0 Å². The second kappa shape index (κ2) is 4.92. The van der Waals surface area contributed by atoms with E-state index in [1.54, 1.807) is 0 Å². The third-order valence-electron chi connectivity index (χ3n) is 2.63. The summed E-state index contributed by atoms with van der Waals surface area (Å²) in [5.41, 5.74) is 2.84. The second-order valence-corrected chi connectivity index (χ2v) is 4.08. The number of ketones is 1. The summed E-state index contributed by atoms with van der Waals surface area (Å²) >= 11 is 0. The number of hydrogen-bond acceptors (Lipinski definition) is 1. The van der Waals surface area contributed by atoms with Crippen LogP contribution in [0.15, 0.2) is 35.9 Å². The van der Waals surface area contributed by atoms with Crippen LogP contribution >= 0.6 is 0 Å². The Morgan fingerprint density at radius 2 is 1.73 bits per heavy atom. The summed E-state index contributed by atoms with van der Waals surface area (Å²) < 4.78 is 0. The molecule has 0 aliphatic carbocycles. The lowest BCUT2D eigenvalue weighted by atomic mass is 9.98. The summed E-state index contributed by atoms with van der Waals surface area (Å²) in [5.74, 6) is 0.629. The van der Waals surface area contributed by atoms with E-state index in [1.165, 1.54) is 5.56 Å². The van der Waals surface area contributed by atoms with E-state index in [0.717, 1.165) is 11.1 Å². The van der Waals surface area contributed by atoms with E-state index < -0.39 is 0 Å². The van der Waals surface area contributed by atoms with Crippen LogP contribution in [-0.4, -0.2) is 5.78 Å². The van der Waals surface area contributed by atoms with Gasteiger partial charge in [-0.15, -0.1) is 0 Å². The van der Waals surface area contributed by atoms with Crippen molar-refractivity contribution in [2.24, 2.45) is 0 Å². The fourth-order valence-corrected chi connectivity index (χ4v) is 1.38. The summed E-state index contributed by atoms with van der Waals surface area (Å²) in [4.78, 5) is 11.8. The molecule has 0 saturated heterocycles. The van der Waals surface area contributed by atoms with Crippen molar-refractivity contribution in [3.05, 3.63) is 47.0 Å². The lowest BCUT2D eigenvalue weighted by Crippen LogP contribution is -2.00. The van der Waals surface area contributed by atoms with Crippen molar-refractivity contribution >= 4 is 5.78 Å². The molecular formula is C14H18O. The summed E-state index contributed by atoms with van der Waals surface area (Å²) in [6.07, 6.45) is 1.85. The van der Waals surface area contributed by atoms with Gasteiger partial charge < -0.3 is 0 Å². The van der Waals surface area contributed by atoms with E-state index in [2.05, 4.69) is 13.8 Å². The van der Waals surface area contributed by atoms with Gasteiger partial charge >= 0.3 is 0 Å². The monoisotopic (exact) mass is 202 g/mol. The molecule has 1 nitrogen and oxygen atoms in total. The molecule has 0 radical (unpaired) electrons. The molecule has 0 bridgehead atoms. The van der Waals surface area contributed by atoms with Crippen LogP contribution in [0.4, 0.5) is 0 Å². The molecule has 0 atom stereocenters. The number of allylic oxidation sites excluding steroid dienone is 2. The van der Waals surface area contributed by atoms with Gasteiger partial charge in [-0.3, -0.25) is 4.79 Å². The molecule has 0 heterocycles. The van der Waals surface area contributed by atoms with Crippen molar-refractivity contribution in [2.75, 3.05) is 0 Å². The van der Waals surface area contributed by atoms with Crippen molar-refractivity contribution < 1.29 is 4.79 Å². The van der Waals surface area contributed by atoms with Crippen LogP contribution in [0.5, 0.6) is 0 Å². The molecule has 15 heavy (non-hydrogen) atoms. The first kappa shape index (κ1) is 11.7. The second-order valence-electron chi connectivity index (χ2n) is 4.08. The van der Waals surface area contributed by atoms with Crippen LogP contribution in [0, 0.1) is 0 Å². The zero-order valence-corrected chi connectivity index (χ0v) is 9.87. The number of hydrogen-bond donors (Lipinski definition) is 0. The maximum atomic E-state index is 11.8. The van der Waals surface area contributed by atoms with Gasteiger partial charge in [-0.1, -0.05) is 44.2 Å². The minimum atomic E-state index is 0.118. The number of benzene rings is 1. The molecule has 0 aliphatic heterocycles. The molecule has 0 N–H and O–H groups in total. The van der Waals surface area contributed by atoms with E-state index in [1.807, 2.05) is 44.2 Å². The largest absolute Gasteiger partial charge is 0.289 e. The minimum Gasteiger partial charge on any atom is -0.289 e. The third kappa shape index (κ3) is 2.79. The highest BCUT2D eigenvalue weighted by atomic mass is 16.1. The predicted octanol–water partition coefficient (Wildman–Crippen LogP) is 3.96. The van der Waals surface area contributed by atoms with Crippen LogP contribution in [0.1, 0.15) is 49.5 Å². The smallest absolute Gasteiger partial charge is 0.188 e. The SMILES string of the molecule is CC=C(C)C(=O)c1ccc(C(C)C)cc1. The Bertz CT molecular complexity index is 369. The highest BCUT2D eigenvalue weighted by molar-refractivity contribution is 6.08. The van der Waals surface area contributed by atoms with E-state index in [4.69, 9.17) is 0 Å². The fraction of sp³-hybridized carbons (Fsp3) is 0.357. The first-order valence-electron chi connectivity index (χ1n) is 5.33. The van der Waals surface area contributed by atoms with Crippen LogP contribution in [0.3, 0.4) is 0 Å². The normalized spacial score (nSPS) is 11.9. The van der Waals surface area contributed by atoms with Gasteiger partial charge in [0.25, 0.3) is 0 Å². The van der Waals surface area contributed by atoms with Gasteiger partial charge in [0.15, 0.2) is 5.78 Å². The van der Waals surface area contributed by atoms with Crippen molar-refractivity contribution in [1.82, 2.24) is 0 Å². The van der Waals surface area contributed by atoms with E-state index >= 15 is 0 Å². The highest BCUT2D eigenvalue weighted by Gasteiger charge is 2.07. The summed E-state index contributed by atoms with van der Waals surface area (Å²) in [6, 6.07) is 7.87. The number of rotatable bonds is 3. The molecule has 0 unspecified atom stereocenters. The van der Waals surface area contributed by atoms with Crippen LogP contribution in [0.2, 0.25) is 0 Å². The Hall–Kier alpha value is -1.37. The molecule has 1 aromatic rings. The predicted molar refractivity (Wildman–Crippen MR) is 64.3 cm³/mol. The number of carbonyl (C=O) groups excluding carboxylic acids is 1. The van der Waals surface area contributed by atoms with E-state index in [-0.39, 0.29) is 5.78 Å². The summed E-state index contributed by atoms with van der Waals surface area (Å²) in [5, 5.41) is 0. The van der Waals surface area contributed by atoms with Crippen LogP contribution < -0.4 is 0 Å². The Balaban J connectivity index is 2.94. The zero-order valence-electron chi connectivity index (χ0n) is 9.87. The van der Waals surface area contributed by atoms with Gasteiger partial charge in [0.2, 0.25) is 0 Å². The standard InChI is InChI=1S/C14H18O/c1-5-11(4)14(15)13-8-6-12(7-9-13)10(2)3/h5-10H,1-4H3. The molecule has 0 aromatic heterocycles. The molecule has 1 rings (SSSR count). The van der Waals surface area contributed by atoms with Gasteiger partial charge in [-0.05, 0) is 30.9 Å². The zero-order chi connectivity index (χ0) is 11.4. The van der Waals surface area contributed by atoms with Crippen molar-refractivity contribution in [1.29, 1.82) is 0 Å². The average molecular weight is 202 g/mol. The topological polar surface area (TPSA) is 17.1 Å². The summed E-state index contributed by atoms with van der Waals surface area (Å²) in [6.45, 7) is 8.02. The van der Waals surface area contributed by atoms with Gasteiger partial charge in [0.05, 0.1) is 0 Å². The maximum Gasteiger partial charge on any atom is 0.188 e. The van der Waals surface area contributed by atoms with Gasteiger partial charge in [0.1, 0.15) is 0 Å². The molecule has 0 spiro atoms.